The first-order valence-electron chi connectivity index (χ1n) is 8.11. The molecule has 7 heteroatoms. The number of thioether (sulfide) groups is 1. The Morgan fingerprint density at radius 3 is 2.74 bits per heavy atom. The minimum absolute atomic E-state index is 0.0540. The molecule has 0 saturated heterocycles. The monoisotopic (exact) mass is 381 g/mol. The lowest BCUT2D eigenvalue weighted by Gasteiger charge is -2.01. The lowest BCUT2D eigenvalue weighted by molar-refractivity contribution is -0.135. The van der Waals surface area contributed by atoms with Gasteiger partial charge in [-0.2, -0.15) is 0 Å². The molecule has 2 aliphatic rings. The van der Waals surface area contributed by atoms with Crippen molar-refractivity contribution in [1.82, 2.24) is 0 Å². The van der Waals surface area contributed by atoms with Crippen LogP contribution in [0.5, 0.6) is 11.5 Å². The van der Waals surface area contributed by atoms with Crippen molar-refractivity contribution in [1.29, 1.82) is 0 Å². The van der Waals surface area contributed by atoms with Crippen LogP contribution in [-0.4, -0.2) is 30.0 Å². The third-order valence-corrected chi connectivity index (χ3v) is 4.98. The fraction of sp³-hybridized carbons (Fsp3) is 0.100. The molecule has 0 atom stereocenters. The minimum Gasteiger partial charge on any atom is -0.506 e. The molecule has 0 saturated carbocycles. The van der Waals surface area contributed by atoms with Gasteiger partial charge in [0.2, 0.25) is 6.79 Å². The second-order valence-corrected chi connectivity index (χ2v) is 6.72. The summed E-state index contributed by atoms with van der Waals surface area (Å²) in [4.78, 5) is 17.2. The summed E-state index contributed by atoms with van der Waals surface area (Å²) in [5.74, 6) is 0.530. The number of rotatable bonds is 3. The Morgan fingerprint density at radius 1 is 1.19 bits per heavy atom. The number of aliphatic imine (C=N–C) groups is 1. The second kappa shape index (κ2) is 7.20. The van der Waals surface area contributed by atoms with Gasteiger partial charge in [0.25, 0.3) is 0 Å². The number of aliphatic hydroxyl groups excluding tert-OH is 1. The van der Waals surface area contributed by atoms with Crippen LogP contribution in [0.1, 0.15) is 5.56 Å². The number of nitrogens with zero attached hydrogens (tertiary/aromatic N) is 1. The summed E-state index contributed by atoms with van der Waals surface area (Å²) < 4.78 is 15.5. The summed E-state index contributed by atoms with van der Waals surface area (Å²) in [5, 5.41) is 11.0. The molecular formula is C20H15NO5S. The van der Waals surface area contributed by atoms with Crippen molar-refractivity contribution >= 4 is 34.5 Å². The highest BCUT2D eigenvalue weighted by Gasteiger charge is 2.33. The first-order chi connectivity index (χ1) is 13.2. The van der Waals surface area contributed by atoms with Crippen molar-refractivity contribution < 1.29 is 24.1 Å². The lowest BCUT2D eigenvalue weighted by atomic mass is 10.1. The van der Waals surface area contributed by atoms with Crippen LogP contribution in [0.3, 0.4) is 0 Å². The van der Waals surface area contributed by atoms with Crippen LogP contribution in [0.2, 0.25) is 0 Å². The van der Waals surface area contributed by atoms with Gasteiger partial charge < -0.3 is 19.3 Å². The molecule has 0 fully saturated rings. The number of carbonyl (C=O) groups is 1. The van der Waals surface area contributed by atoms with Crippen LogP contribution in [0.4, 0.5) is 5.69 Å². The summed E-state index contributed by atoms with van der Waals surface area (Å²) in [5.41, 5.74) is 1.54. The molecule has 136 valence electrons. The molecule has 0 aliphatic carbocycles. The Labute approximate surface area is 159 Å². The van der Waals surface area contributed by atoms with Crippen LogP contribution in [0.25, 0.3) is 6.08 Å². The van der Waals surface area contributed by atoms with E-state index in [0.717, 1.165) is 5.56 Å². The number of para-hydroxylation sites is 1. The quantitative estimate of drug-likeness (QED) is 0.802. The molecule has 2 aromatic rings. The number of fused-ring (bicyclic) bond motifs is 1. The van der Waals surface area contributed by atoms with E-state index in [1.54, 1.807) is 12.1 Å². The zero-order valence-electron chi connectivity index (χ0n) is 14.3. The van der Waals surface area contributed by atoms with E-state index in [0.29, 0.717) is 27.1 Å². The standard InChI is InChI=1S/C20H15NO5S/c1-24-20(23)17-18(22)16(27-19(17)21-13-5-3-2-4-6-13)10-12-7-8-14-15(9-12)26-11-25-14/h2-10,22H,11H2,1H3/b16-10+,21-19?. The van der Waals surface area contributed by atoms with E-state index in [1.807, 2.05) is 42.5 Å². The van der Waals surface area contributed by atoms with Crippen LogP contribution in [-0.2, 0) is 9.53 Å². The van der Waals surface area contributed by atoms with Crippen LogP contribution in [0, 0.1) is 0 Å². The molecule has 6 nitrogen and oxygen atoms in total. The number of methoxy groups -OCH3 is 1. The Kier molecular flexibility index (Phi) is 4.60. The highest BCUT2D eigenvalue weighted by Crippen LogP contribution is 2.41. The number of benzene rings is 2. The van der Waals surface area contributed by atoms with Gasteiger partial charge in [-0.1, -0.05) is 36.0 Å². The summed E-state index contributed by atoms with van der Waals surface area (Å²) in [6.45, 7) is 0.190. The molecule has 0 aromatic heterocycles. The SMILES string of the molecule is COC(=O)C1=C(O)/C(=C\c2ccc3c(c2)OCO3)SC1=Nc1ccccc1. The maximum Gasteiger partial charge on any atom is 0.344 e. The molecule has 4 rings (SSSR count). The fourth-order valence-electron chi connectivity index (χ4n) is 2.66. The van der Waals surface area contributed by atoms with E-state index in [2.05, 4.69) is 4.99 Å². The second-order valence-electron chi connectivity index (χ2n) is 5.69. The molecule has 27 heavy (non-hydrogen) atoms. The Hall–Kier alpha value is -3.19. The summed E-state index contributed by atoms with van der Waals surface area (Å²) in [7, 11) is 1.27. The molecule has 0 spiro atoms. The largest absolute Gasteiger partial charge is 0.506 e. The number of hydrogen-bond acceptors (Lipinski definition) is 7. The van der Waals surface area contributed by atoms with Gasteiger partial charge in [0, 0.05) is 0 Å². The van der Waals surface area contributed by atoms with E-state index in [9.17, 15) is 9.90 Å². The van der Waals surface area contributed by atoms with Gasteiger partial charge in [-0.3, -0.25) is 0 Å². The molecule has 0 bridgehead atoms. The third kappa shape index (κ3) is 3.41. The highest BCUT2D eigenvalue weighted by atomic mass is 32.2. The Morgan fingerprint density at radius 2 is 1.96 bits per heavy atom. The number of aliphatic hydroxyl groups is 1. The number of ether oxygens (including phenoxy) is 3. The van der Waals surface area contributed by atoms with Gasteiger partial charge in [-0.05, 0) is 35.9 Å². The van der Waals surface area contributed by atoms with Crippen molar-refractivity contribution in [2.75, 3.05) is 13.9 Å². The predicted molar refractivity (Wildman–Crippen MR) is 103 cm³/mol. The van der Waals surface area contributed by atoms with E-state index in [4.69, 9.17) is 14.2 Å². The molecule has 2 aliphatic heterocycles. The smallest absolute Gasteiger partial charge is 0.344 e. The maximum atomic E-state index is 12.2. The molecule has 1 N–H and O–H groups in total. The maximum absolute atomic E-state index is 12.2. The molecule has 2 heterocycles. The zero-order valence-corrected chi connectivity index (χ0v) is 15.2. The first-order valence-corrected chi connectivity index (χ1v) is 8.92. The van der Waals surface area contributed by atoms with Crippen LogP contribution >= 0.6 is 11.8 Å². The topological polar surface area (TPSA) is 77.4 Å². The predicted octanol–water partition coefficient (Wildman–Crippen LogP) is 4.22. The molecule has 2 aromatic carbocycles. The highest BCUT2D eigenvalue weighted by molar-refractivity contribution is 8.18. The lowest BCUT2D eigenvalue weighted by Crippen LogP contribution is -2.10. The number of hydrogen-bond donors (Lipinski definition) is 1. The van der Waals surface area contributed by atoms with Gasteiger partial charge in [0.05, 0.1) is 17.7 Å². The van der Waals surface area contributed by atoms with Gasteiger partial charge in [-0.15, -0.1) is 0 Å². The van der Waals surface area contributed by atoms with Crippen LogP contribution in [0.15, 0.2) is 69.8 Å². The summed E-state index contributed by atoms with van der Waals surface area (Å²) in [6, 6.07) is 14.7. The normalized spacial score (nSPS) is 18.4. The molecule has 0 radical (unpaired) electrons. The van der Waals surface area contributed by atoms with E-state index < -0.39 is 5.97 Å². The molecule has 0 unspecified atom stereocenters. The van der Waals surface area contributed by atoms with Crippen molar-refractivity contribution in [3.05, 3.63) is 70.3 Å². The van der Waals surface area contributed by atoms with E-state index in [1.165, 1.54) is 18.9 Å². The fourth-order valence-corrected chi connectivity index (χ4v) is 3.70. The van der Waals surface area contributed by atoms with Crippen molar-refractivity contribution in [2.45, 2.75) is 0 Å². The average molecular weight is 381 g/mol. The first kappa shape index (κ1) is 17.2. The average Bonchev–Trinajstić information content (AvgIpc) is 3.26. The third-order valence-electron chi connectivity index (χ3n) is 3.96. The molecular weight excluding hydrogens is 366 g/mol. The van der Waals surface area contributed by atoms with Gasteiger partial charge in [0.1, 0.15) is 16.4 Å². The Bertz CT molecular complexity index is 995. The summed E-state index contributed by atoms with van der Waals surface area (Å²) >= 11 is 1.21. The Balaban J connectivity index is 1.73. The van der Waals surface area contributed by atoms with Gasteiger partial charge in [-0.25, -0.2) is 9.79 Å². The van der Waals surface area contributed by atoms with E-state index in [-0.39, 0.29) is 18.1 Å². The number of carbonyl (C=O) groups excluding carboxylic acids is 1. The van der Waals surface area contributed by atoms with Gasteiger partial charge in [0.15, 0.2) is 11.5 Å². The summed E-state index contributed by atoms with van der Waals surface area (Å²) in [6.07, 6.45) is 1.76. The number of esters is 1. The van der Waals surface area contributed by atoms with Gasteiger partial charge >= 0.3 is 5.97 Å². The zero-order chi connectivity index (χ0) is 18.8. The van der Waals surface area contributed by atoms with Crippen molar-refractivity contribution in [3.8, 4) is 11.5 Å². The van der Waals surface area contributed by atoms with E-state index >= 15 is 0 Å². The minimum atomic E-state index is -0.635. The van der Waals surface area contributed by atoms with Crippen molar-refractivity contribution in [3.63, 3.8) is 0 Å². The van der Waals surface area contributed by atoms with Crippen molar-refractivity contribution in [2.24, 2.45) is 4.99 Å². The van der Waals surface area contributed by atoms with Crippen LogP contribution < -0.4 is 9.47 Å². The molecule has 0 amide bonds.